The third-order valence-electron chi connectivity index (χ3n) is 2.99. The van der Waals surface area contributed by atoms with E-state index in [4.69, 9.17) is 5.73 Å². The number of rotatable bonds is 2. The number of imidazole rings is 1. The molecule has 1 fully saturated rings. The van der Waals surface area contributed by atoms with Gasteiger partial charge in [-0.15, -0.1) is 0 Å². The SMILES string of the molecule is CC(N)C1(c2cncn2C)CC1. The molecule has 1 aromatic heterocycles. The summed E-state index contributed by atoms with van der Waals surface area (Å²) in [5.74, 6) is 0. The van der Waals surface area contributed by atoms with Crippen LogP contribution >= 0.6 is 0 Å². The van der Waals surface area contributed by atoms with E-state index in [0.29, 0.717) is 0 Å². The lowest BCUT2D eigenvalue weighted by molar-refractivity contribution is 0.524. The molecule has 0 aromatic carbocycles. The van der Waals surface area contributed by atoms with E-state index in [1.165, 1.54) is 18.5 Å². The smallest absolute Gasteiger partial charge is 0.0945 e. The molecular weight excluding hydrogens is 150 g/mol. The highest BCUT2D eigenvalue weighted by Gasteiger charge is 2.49. The van der Waals surface area contributed by atoms with Gasteiger partial charge in [0.15, 0.2) is 0 Å². The molecule has 0 bridgehead atoms. The van der Waals surface area contributed by atoms with Crippen molar-refractivity contribution >= 4 is 0 Å². The monoisotopic (exact) mass is 165 g/mol. The molecule has 1 aliphatic rings. The Morgan fingerprint density at radius 1 is 1.67 bits per heavy atom. The maximum atomic E-state index is 5.95. The van der Waals surface area contributed by atoms with E-state index in [9.17, 15) is 0 Å². The van der Waals surface area contributed by atoms with E-state index in [0.717, 1.165) is 0 Å². The minimum atomic E-state index is 0.241. The molecule has 3 heteroatoms. The van der Waals surface area contributed by atoms with Crippen LogP contribution in [0.15, 0.2) is 12.5 Å². The first kappa shape index (κ1) is 7.80. The summed E-state index contributed by atoms with van der Waals surface area (Å²) in [5.41, 5.74) is 7.48. The van der Waals surface area contributed by atoms with Crippen LogP contribution in [0.5, 0.6) is 0 Å². The summed E-state index contributed by atoms with van der Waals surface area (Å²) in [6.45, 7) is 2.08. The molecule has 0 radical (unpaired) electrons. The van der Waals surface area contributed by atoms with Crippen LogP contribution in [0.25, 0.3) is 0 Å². The zero-order valence-corrected chi connectivity index (χ0v) is 7.62. The van der Waals surface area contributed by atoms with Crippen molar-refractivity contribution in [2.75, 3.05) is 0 Å². The first-order chi connectivity index (χ1) is 5.67. The van der Waals surface area contributed by atoms with Gasteiger partial charge >= 0.3 is 0 Å². The van der Waals surface area contributed by atoms with Crippen molar-refractivity contribution in [2.24, 2.45) is 12.8 Å². The molecule has 0 spiro atoms. The van der Waals surface area contributed by atoms with Crippen LogP contribution in [0.4, 0.5) is 0 Å². The number of aromatic nitrogens is 2. The number of hydrogen-bond donors (Lipinski definition) is 1. The van der Waals surface area contributed by atoms with Gasteiger partial charge in [0.25, 0.3) is 0 Å². The Balaban J connectivity index is 2.36. The van der Waals surface area contributed by atoms with Crippen LogP contribution in [0.1, 0.15) is 25.5 Å². The number of aryl methyl sites for hydroxylation is 1. The molecule has 1 heterocycles. The third kappa shape index (κ3) is 0.894. The predicted octanol–water partition coefficient (Wildman–Crippen LogP) is 0.799. The Labute approximate surface area is 72.6 Å². The van der Waals surface area contributed by atoms with Gasteiger partial charge in [-0.25, -0.2) is 4.98 Å². The lowest BCUT2D eigenvalue weighted by atomic mass is 9.95. The van der Waals surface area contributed by atoms with Gasteiger partial charge < -0.3 is 10.3 Å². The van der Waals surface area contributed by atoms with Gasteiger partial charge in [0.2, 0.25) is 0 Å². The molecule has 1 aromatic rings. The van der Waals surface area contributed by atoms with E-state index in [2.05, 4.69) is 16.5 Å². The normalized spacial score (nSPS) is 22.2. The molecule has 66 valence electrons. The number of nitrogens with zero attached hydrogens (tertiary/aromatic N) is 2. The van der Waals surface area contributed by atoms with Crippen molar-refractivity contribution < 1.29 is 0 Å². The van der Waals surface area contributed by atoms with Gasteiger partial charge in [0, 0.05) is 30.4 Å². The van der Waals surface area contributed by atoms with Crippen molar-refractivity contribution in [1.29, 1.82) is 0 Å². The van der Waals surface area contributed by atoms with E-state index in [1.807, 2.05) is 19.6 Å². The van der Waals surface area contributed by atoms with Crippen LogP contribution < -0.4 is 5.73 Å². The van der Waals surface area contributed by atoms with E-state index in [1.54, 1.807) is 0 Å². The Hall–Kier alpha value is -0.830. The summed E-state index contributed by atoms with van der Waals surface area (Å²) < 4.78 is 2.08. The fourth-order valence-electron chi connectivity index (χ4n) is 1.92. The standard InChI is InChI=1S/C9H15N3/c1-7(10)9(3-4-9)8-5-11-6-12(8)2/h5-7H,3-4,10H2,1-2H3. The average Bonchev–Trinajstić information content (AvgIpc) is 2.71. The van der Waals surface area contributed by atoms with Gasteiger partial charge in [-0.05, 0) is 19.8 Å². The van der Waals surface area contributed by atoms with Gasteiger partial charge in [-0.3, -0.25) is 0 Å². The van der Waals surface area contributed by atoms with E-state index in [-0.39, 0.29) is 11.5 Å². The molecule has 2 rings (SSSR count). The van der Waals surface area contributed by atoms with Gasteiger partial charge in [-0.1, -0.05) is 0 Å². The molecule has 2 N–H and O–H groups in total. The molecule has 0 aliphatic heterocycles. The Kier molecular flexibility index (Phi) is 1.51. The third-order valence-corrected chi connectivity index (χ3v) is 2.99. The summed E-state index contributed by atoms with van der Waals surface area (Å²) in [6.07, 6.45) is 6.21. The second kappa shape index (κ2) is 2.33. The minimum Gasteiger partial charge on any atom is -0.337 e. The Morgan fingerprint density at radius 2 is 2.33 bits per heavy atom. The molecule has 0 amide bonds. The highest BCUT2D eigenvalue weighted by atomic mass is 15.0. The van der Waals surface area contributed by atoms with E-state index < -0.39 is 0 Å². The van der Waals surface area contributed by atoms with Gasteiger partial charge in [0.1, 0.15) is 0 Å². The summed E-state index contributed by atoms with van der Waals surface area (Å²) in [7, 11) is 2.03. The summed E-state index contributed by atoms with van der Waals surface area (Å²) in [4.78, 5) is 4.12. The fourth-order valence-corrected chi connectivity index (χ4v) is 1.92. The number of hydrogen-bond acceptors (Lipinski definition) is 2. The summed E-state index contributed by atoms with van der Waals surface area (Å²) >= 11 is 0. The van der Waals surface area contributed by atoms with Crippen molar-refractivity contribution in [3.05, 3.63) is 18.2 Å². The average molecular weight is 165 g/mol. The van der Waals surface area contributed by atoms with E-state index >= 15 is 0 Å². The lowest BCUT2D eigenvalue weighted by Gasteiger charge is -2.19. The van der Waals surface area contributed by atoms with Crippen LogP contribution in [-0.2, 0) is 12.5 Å². The number of nitrogens with two attached hydrogens (primary N) is 1. The molecule has 3 nitrogen and oxygen atoms in total. The van der Waals surface area contributed by atoms with Crippen molar-refractivity contribution in [3.63, 3.8) is 0 Å². The molecular formula is C9H15N3. The van der Waals surface area contributed by atoms with Gasteiger partial charge in [-0.2, -0.15) is 0 Å². The highest BCUT2D eigenvalue weighted by Crippen LogP contribution is 2.49. The molecule has 0 saturated heterocycles. The first-order valence-electron chi connectivity index (χ1n) is 4.39. The summed E-state index contributed by atoms with van der Waals surface area (Å²) in [6, 6.07) is 0.243. The fraction of sp³-hybridized carbons (Fsp3) is 0.667. The maximum Gasteiger partial charge on any atom is 0.0945 e. The first-order valence-corrected chi connectivity index (χ1v) is 4.39. The second-order valence-corrected chi connectivity index (χ2v) is 3.83. The van der Waals surface area contributed by atoms with Crippen LogP contribution in [0, 0.1) is 0 Å². The molecule has 1 aliphatic carbocycles. The molecule has 12 heavy (non-hydrogen) atoms. The van der Waals surface area contributed by atoms with Crippen molar-refractivity contribution in [3.8, 4) is 0 Å². The topological polar surface area (TPSA) is 43.8 Å². The van der Waals surface area contributed by atoms with Gasteiger partial charge in [0.05, 0.1) is 6.33 Å². The highest BCUT2D eigenvalue weighted by molar-refractivity contribution is 5.26. The minimum absolute atomic E-state index is 0.241. The molecule has 1 unspecified atom stereocenters. The zero-order chi connectivity index (χ0) is 8.77. The van der Waals surface area contributed by atoms with Crippen molar-refractivity contribution in [1.82, 2.24) is 9.55 Å². The molecule has 1 saturated carbocycles. The van der Waals surface area contributed by atoms with Crippen molar-refractivity contribution in [2.45, 2.75) is 31.2 Å². The zero-order valence-electron chi connectivity index (χ0n) is 7.62. The quantitative estimate of drug-likeness (QED) is 0.704. The maximum absolute atomic E-state index is 5.95. The largest absolute Gasteiger partial charge is 0.337 e. The lowest BCUT2D eigenvalue weighted by Crippen LogP contribution is -2.32. The van der Waals surface area contributed by atoms with Crippen LogP contribution in [0.3, 0.4) is 0 Å². The predicted molar refractivity (Wildman–Crippen MR) is 47.8 cm³/mol. The second-order valence-electron chi connectivity index (χ2n) is 3.83. The molecule has 1 atom stereocenters. The van der Waals surface area contributed by atoms with Crippen LogP contribution in [0.2, 0.25) is 0 Å². The Bertz CT molecular complexity index is 284. The Morgan fingerprint density at radius 3 is 2.67 bits per heavy atom. The van der Waals surface area contributed by atoms with Crippen LogP contribution in [-0.4, -0.2) is 15.6 Å². The summed E-state index contributed by atoms with van der Waals surface area (Å²) in [5, 5.41) is 0.